The average Bonchev–Trinajstić information content (AvgIpc) is 3.26. The van der Waals surface area contributed by atoms with E-state index in [1.165, 1.54) is 6.07 Å². The molecule has 0 bridgehead atoms. The van der Waals surface area contributed by atoms with Gasteiger partial charge in [-0.2, -0.15) is 5.10 Å². The van der Waals surface area contributed by atoms with E-state index in [1.807, 2.05) is 50.2 Å². The van der Waals surface area contributed by atoms with Gasteiger partial charge in [0.1, 0.15) is 29.8 Å². The third kappa shape index (κ3) is 4.25. The van der Waals surface area contributed by atoms with Crippen molar-refractivity contribution in [3.05, 3.63) is 66.5 Å². The van der Waals surface area contributed by atoms with E-state index in [1.54, 1.807) is 24.5 Å². The fourth-order valence-corrected chi connectivity index (χ4v) is 3.77. The molecule has 0 unspecified atom stereocenters. The number of rotatable bonds is 7. The number of ether oxygens (including phenoxy) is 1. The Morgan fingerprint density at radius 3 is 2.71 bits per heavy atom. The van der Waals surface area contributed by atoms with Gasteiger partial charge in [0, 0.05) is 46.7 Å². The van der Waals surface area contributed by atoms with Crippen LogP contribution in [-0.4, -0.2) is 57.3 Å². The van der Waals surface area contributed by atoms with Gasteiger partial charge in [0.25, 0.3) is 0 Å². The first-order valence-corrected chi connectivity index (χ1v) is 10.9. The summed E-state index contributed by atoms with van der Waals surface area (Å²) in [5, 5.41) is 13.0. The van der Waals surface area contributed by atoms with Crippen LogP contribution in [0, 0.1) is 12.7 Å². The maximum Gasteiger partial charge on any atom is 0.183 e. The second-order valence-electron chi connectivity index (χ2n) is 8.25. The molecule has 172 valence electrons. The molecule has 0 aliphatic carbocycles. The molecule has 0 atom stereocenters. The predicted molar refractivity (Wildman–Crippen MR) is 131 cm³/mol. The number of halogens is 1. The van der Waals surface area contributed by atoms with E-state index < -0.39 is 5.82 Å². The molecule has 5 aromatic rings. The number of hydrogen-bond acceptors (Lipinski definition) is 7. The molecule has 0 aliphatic heterocycles. The summed E-state index contributed by atoms with van der Waals surface area (Å²) >= 11 is 0. The van der Waals surface area contributed by atoms with E-state index in [-0.39, 0.29) is 0 Å². The quantitative estimate of drug-likeness (QED) is 0.342. The van der Waals surface area contributed by atoms with Gasteiger partial charge in [-0.25, -0.2) is 14.4 Å². The molecule has 2 N–H and O–H groups in total. The third-order valence-electron chi connectivity index (χ3n) is 5.46. The Kier molecular flexibility index (Phi) is 5.77. The standard InChI is InChI=1S/C25H24FN7O/c1-15-28-25(32-31-15)19-6-4-5-17-20-14-27-10-9-18(20)24(30-23(17)19)29-22-8-7-16(13-21(22)26)34-12-11-33(2)3/h4-10,13-14H,11-12H2,1-3H3,(H,29,30)(H,28,31,32). The molecule has 0 aliphatic rings. The minimum absolute atomic E-state index is 0.302. The summed E-state index contributed by atoms with van der Waals surface area (Å²) in [6.45, 7) is 3.07. The zero-order valence-electron chi connectivity index (χ0n) is 19.1. The van der Waals surface area contributed by atoms with Crippen LogP contribution < -0.4 is 10.1 Å². The van der Waals surface area contributed by atoms with Crippen molar-refractivity contribution in [3.63, 3.8) is 0 Å². The lowest BCUT2D eigenvalue weighted by atomic mass is 10.0. The van der Waals surface area contributed by atoms with Gasteiger partial charge >= 0.3 is 0 Å². The zero-order chi connectivity index (χ0) is 23.7. The van der Waals surface area contributed by atoms with Crippen LogP contribution in [0.4, 0.5) is 15.9 Å². The Bertz CT molecular complexity index is 1480. The lowest BCUT2D eigenvalue weighted by Crippen LogP contribution is -2.19. The predicted octanol–water partition coefficient (Wildman–Crippen LogP) is 4.70. The van der Waals surface area contributed by atoms with E-state index in [4.69, 9.17) is 9.72 Å². The number of aromatic amines is 1. The SMILES string of the molecule is Cc1nc(-c2cccc3c2nc(Nc2ccc(OCCN(C)C)cc2F)c2ccncc23)n[nH]1. The average molecular weight is 458 g/mol. The van der Waals surface area contributed by atoms with Gasteiger partial charge in [0.05, 0.1) is 11.2 Å². The summed E-state index contributed by atoms with van der Waals surface area (Å²) in [6, 6.07) is 12.5. The van der Waals surface area contributed by atoms with Crippen molar-refractivity contribution in [3.8, 4) is 17.1 Å². The summed E-state index contributed by atoms with van der Waals surface area (Å²) < 4.78 is 20.6. The van der Waals surface area contributed by atoms with Gasteiger partial charge in [0.15, 0.2) is 5.82 Å². The van der Waals surface area contributed by atoms with Crippen molar-refractivity contribution in [2.75, 3.05) is 32.6 Å². The molecule has 3 aromatic heterocycles. The Hall–Kier alpha value is -4.11. The Morgan fingerprint density at radius 1 is 1.06 bits per heavy atom. The Balaban J connectivity index is 1.57. The monoisotopic (exact) mass is 457 g/mol. The summed E-state index contributed by atoms with van der Waals surface area (Å²) in [7, 11) is 3.92. The molecule has 34 heavy (non-hydrogen) atoms. The Morgan fingerprint density at radius 2 is 1.94 bits per heavy atom. The number of likely N-dealkylation sites (N-methyl/N-ethyl adjacent to an activating group) is 1. The number of hydrogen-bond donors (Lipinski definition) is 2. The van der Waals surface area contributed by atoms with Gasteiger partial charge < -0.3 is 15.0 Å². The highest BCUT2D eigenvalue weighted by Crippen LogP contribution is 2.35. The third-order valence-corrected chi connectivity index (χ3v) is 5.46. The molecule has 8 nitrogen and oxygen atoms in total. The molecular formula is C25H24FN7O. The summed E-state index contributed by atoms with van der Waals surface area (Å²) in [5.74, 6) is 1.83. The lowest BCUT2D eigenvalue weighted by molar-refractivity contribution is 0.260. The normalized spacial score (nSPS) is 11.4. The van der Waals surface area contributed by atoms with Gasteiger partial charge in [-0.15, -0.1) is 0 Å². The summed E-state index contributed by atoms with van der Waals surface area (Å²) in [5.41, 5.74) is 1.78. The maximum absolute atomic E-state index is 15.0. The largest absolute Gasteiger partial charge is 0.492 e. The second kappa shape index (κ2) is 9.03. The van der Waals surface area contributed by atoms with E-state index in [0.29, 0.717) is 41.0 Å². The van der Waals surface area contributed by atoms with Crippen LogP contribution in [0.3, 0.4) is 0 Å². The first-order chi connectivity index (χ1) is 16.5. The van der Waals surface area contributed by atoms with E-state index in [2.05, 4.69) is 25.5 Å². The van der Waals surface area contributed by atoms with Crippen LogP contribution in [0.2, 0.25) is 0 Å². The number of fused-ring (bicyclic) bond motifs is 3. The molecule has 0 spiro atoms. The van der Waals surface area contributed by atoms with Crippen molar-refractivity contribution in [2.45, 2.75) is 6.92 Å². The van der Waals surface area contributed by atoms with Crippen LogP contribution >= 0.6 is 0 Å². The molecule has 0 amide bonds. The van der Waals surface area contributed by atoms with Crippen LogP contribution in [-0.2, 0) is 0 Å². The smallest absolute Gasteiger partial charge is 0.183 e. The number of aromatic nitrogens is 5. The summed E-state index contributed by atoms with van der Waals surface area (Å²) in [6.07, 6.45) is 3.48. The van der Waals surface area contributed by atoms with Crippen LogP contribution in [0.15, 0.2) is 54.9 Å². The minimum atomic E-state index is -0.427. The number of para-hydroxylation sites is 1. The highest BCUT2D eigenvalue weighted by Gasteiger charge is 2.16. The number of H-pyrrole nitrogens is 1. The number of benzene rings is 2. The molecule has 0 radical (unpaired) electrons. The molecular weight excluding hydrogens is 433 g/mol. The van der Waals surface area contributed by atoms with Gasteiger partial charge in [-0.05, 0) is 45.3 Å². The van der Waals surface area contributed by atoms with Crippen LogP contribution in [0.1, 0.15) is 5.82 Å². The molecule has 2 aromatic carbocycles. The molecule has 0 saturated carbocycles. The maximum atomic E-state index is 15.0. The van der Waals surface area contributed by atoms with E-state index >= 15 is 0 Å². The lowest BCUT2D eigenvalue weighted by Gasteiger charge is -2.14. The van der Waals surface area contributed by atoms with Crippen molar-refractivity contribution < 1.29 is 9.13 Å². The van der Waals surface area contributed by atoms with Crippen molar-refractivity contribution in [1.82, 2.24) is 30.0 Å². The summed E-state index contributed by atoms with van der Waals surface area (Å²) in [4.78, 5) is 15.7. The van der Waals surface area contributed by atoms with Crippen molar-refractivity contribution in [1.29, 1.82) is 0 Å². The van der Waals surface area contributed by atoms with Gasteiger partial charge in [-0.3, -0.25) is 10.1 Å². The number of nitrogens with zero attached hydrogens (tertiary/aromatic N) is 5. The fraction of sp³-hybridized carbons (Fsp3) is 0.200. The number of nitrogens with one attached hydrogen (secondary N) is 2. The zero-order valence-corrected chi connectivity index (χ0v) is 19.1. The Labute approximate surface area is 195 Å². The fourth-order valence-electron chi connectivity index (χ4n) is 3.77. The van der Waals surface area contributed by atoms with Crippen LogP contribution in [0.25, 0.3) is 33.1 Å². The van der Waals surface area contributed by atoms with E-state index in [0.717, 1.165) is 28.3 Å². The highest BCUT2D eigenvalue weighted by atomic mass is 19.1. The highest BCUT2D eigenvalue weighted by molar-refractivity contribution is 6.13. The molecule has 0 fully saturated rings. The first kappa shape index (κ1) is 21.7. The minimum Gasteiger partial charge on any atom is -0.492 e. The topological polar surface area (TPSA) is 91.8 Å². The number of anilines is 2. The van der Waals surface area contributed by atoms with Gasteiger partial charge in [-0.1, -0.05) is 12.1 Å². The second-order valence-corrected chi connectivity index (χ2v) is 8.25. The van der Waals surface area contributed by atoms with E-state index in [9.17, 15) is 4.39 Å². The van der Waals surface area contributed by atoms with Crippen molar-refractivity contribution >= 4 is 33.2 Å². The molecule has 0 saturated heterocycles. The van der Waals surface area contributed by atoms with Gasteiger partial charge in [0.2, 0.25) is 0 Å². The number of aryl methyl sites for hydroxylation is 1. The van der Waals surface area contributed by atoms with Crippen LogP contribution in [0.5, 0.6) is 5.75 Å². The van der Waals surface area contributed by atoms with Crippen molar-refractivity contribution in [2.24, 2.45) is 0 Å². The first-order valence-electron chi connectivity index (χ1n) is 10.9. The number of pyridine rings is 2. The molecule has 9 heteroatoms. The molecule has 3 heterocycles. The molecule has 5 rings (SSSR count).